The predicted molar refractivity (Wildman–Crippen MR) is 169 cm³/mol. The Kier molecular flexibility index (Phi) is 16.1. The molecule has 2 aromatic carbocycles. The molecular formula is C33H49Cl2N3Ti-2. The average molecular weight is 607 g/mol. The molecule has 1 aliphatic rings. The summed E-state index contributed by atoms with van der Waals surface area (Å²) < 4.78 is 3.93. The number of rotatable bonds is 6. The Morgan fingerprint density at radius 3 is 1.03 bits per heavy atom. The van der Waals surface area contributed by atoms with Gasteiger partial charge in [0, 0.05) is 5.62 Å². The first kappa shape index (κ1) is 35.8. The third kappa shape index (κ3) is 9.39. The monoisotopic (exact) mass is 605 g/mol. The molecule has 3 aromatic rings. The summed E-state index contributed by atoms with van der Waals surface area (Å²) >= 11 is -0.556. The fourth-order valence-corrected chi connectivity index (χ4v) is 5.20. The van der Waals surface area contributed by atoms with Crippen LogP contribution in [0.3, 0.4) is 0 Å². The van der Waals surface area contributed by atoms with Crippen molar-refractivity contribution >= 4 is 18.6 Å². The van der Waals surface area contributed by atoms with Crippen molar-refractivity contribution in [1.82, 2.24) is 9.13 Å². The van der Waals surface area contributed by atoms with Gasteiger partial charge in [0.2, 0.25) is 0 Å². The van der Waals surface area contributed by atoms with Crippen LogP contribution in [-0.4, -0.2) is 9.13 Å². The Morgan fingerprint density at radius 2 is 0.821 bits per heavy atom. The molecule has 0 bridgehead atoms. The SMILES string of the molecule is C1CCCC1.CC(C)c1cccc(C(C)C)c1-n1ccn(-c2c(C(C)C)cccc2C(C)C)c1=[N-].[CH3-].[Cl][Ti][Cl]. The number of hydrogen-bond acceptors (Lipinski definition) is 0. The van der Waals surface area contributed by atoms with E-state index in [4.69, 9.17) is 18.6 Å². The van der Waals surface area contributed by atoms with Crippen molar-refractivity contribution in [3.63, 3.8) is 0 Å². The van der Waals surface area contributed by atoms with Gasteiger partial charge in [-0.2, -0.15) is 0 Å². The van der Waals surface area contributed by atoms with Crippen LogP contribution < -0.4 is 5.62 Å². The fourth-order valence-electron chi connectivity index (χ4n) is 5.20. The molecule has 0 amide bonds. The van der Waals surface area contributed by atoms with Crippen LogP contribution in [0, 0.1) is 7.43 Å². The van der Waals surface area contributed by atoms with Crippen molar-refractivity contribution in [3.05, 3.63) is 89.5 Å². The number of para-hydroxylation sites is 2. The van der Waals surface area contributed by atoms with Crippen LogP contribution >= 0.6 is 18.6 Å². The normalized spacial score (nSPS) is 12.7. The van der Waals surface area contributed by atoms with Crippen molar-refractivity contribution in [2.24, 2.45) is 0 Å². The van der Waals surface area contributed by atoms with E-state index in [2.05, 4.69) is 91.8 Å². The van der Waals surface area contributed by atoms with E-state index in [1.165, 1.54) is 54.4 Å². The molecule has 4 rings (SSSR count). The molecule has 0 spiro atoms. The van der Waals surface area contributed by atoms with Gasteiger partial charge < -0.3 is 22.0 Å². The maximum atomic E-state index is 11.5. The van der Waals surface area contributed by atoms with E-state index in [9.17, 15) is 5.41 Å². The molecule has 1 saturated carbocycles. The van der Waals surface area contributed by atoms with Crippen molar-refractivity contribution in [3.8, 4) is 11.4 Å². The average Bonchev–Trinajstić information content (AvgIpc) is 3.57. The Balaban J connectivity index is 0.000000733. The Bertz CT molecular complexity index is 1040. The van der Waals surface area contributed by atoms with Gasteiger partial charge in [0.1, 0.15) is 0 Å². The Morgan fingerprint density at radius 1 is 0.590 bits per heavy atom. The van der Waals surface area contributed by atoms with E-state index in [-0.39, 0.29) is 13.0 Å². The summed E-state index contributed by atoms with van der Waals surface area (Å²) in [5.74, 6) is 1.46. The van der Waals surface area contributed by atoms with Gasteiger partial charge in [-0.1, -0.05) is 124 Å². The minimum atomic E-state index is -0.556. The summed E-state index contributed by atoms with van der Waals surface area (Å²) in [5, 5.41) is 11.5. The standard InChI is InChI=1S/C27H36N3.C5H10.CH3.2ClH.Ti/c1-17(2)21-11-9-12-22(18(3)4)25(21)29-15-16-30(27(29)28)26-23(19(5)6)13-10-14-24(26)20(7)8;1-2-4-5-3-1;;;;/h9-20H,1-8H3;1-5H2;1H3;2*1H;/q-1;;-1;;;+2/p-2. The molecule has 0 radical (unpaired) electrons. The molecule has 39 heavy (non-hydrogen) atoms. The van der Waals surface area contributed by atoms with Crippen LogP contribution in [0.1, 0.15) is 133 Å². The van der Waals surface area contributed by atoms with Crippen molar-refractivity contribution < 1.29 is 17.0 Å². The quantitative estimate of drug-likeness (QED) is 0.198. The van der Waals surface area contributed by atoms with E-state index in [0.29, 0.717) is 23.7 Å². The zero-order valence-corrected chi connectivity index (χ0v) is 28.6. The summed E-state index contributed by atoms with van der Waals surface area (Å²) in [7, 11) is 9.78. The van der Waals surface area contributed by atoms with Gasteiger partial charge in [-0.3, -0.25) is 0 Å². The molecule has 0 saturated heterocycles. The van der Waals surface area contributed by atoms with Gasteiger partial charge in [0.05, 0.1) is 0 Å². The van der Waals surface area contributed by atoms with E-state index < -0.39 is 17.0 Å². The van der Waals surface area contributed by atoms with Gasteiger partial charge in [-0.25, -0.2) is 0 Å². The van der Waals surface area contributed by atoms with Crippen LogP contribution in [0.25, 0.3) is 16.8 Å². The molecule has 0 unspecified atom stereocenters. The van der Waals surface area contributed by atoms with Crippen LogP contribution in [0.2, 0.25) is 0 Å². The third-order valence-electron chi connectivity index (χ3n) is 7.21. The molecule has 0 aliphatic heterocycles. The number of halogens is 2. The first-order valence-electron chi connectivity index (χ1n) is 14.1. The summed E-state index contributed by atoms with van der Waals surface area (Å²) in [5.41, 5.74) is 7.46. The second kappa shape index (κ2) is 17.5. The van der Waals surface area contributed by atoms with Crippen LogP contribution in [0.15, 0.2) is 48.8 Å². The van der Waals surface area contributed by atoms with E-state index in [0.717, 1.165) is 11.4 Å². The molecule has 1 heterocycles. The Labute approximate surface area is 255 Å². The molecule has 216 valence electrons. The van der Waals surface area contributed by atoms with Crippen molar-refractivity contribution in [2.45, 2.75) is 111 Å². The zero-order chi connectivity index (χ0) is 28.4. The van der Waals surface area contributed by atoms with Crippen molar-refractivity contribution in [2.75, 3.05) is 0 Å². The number of hydrogen-bond donors (Lipinski definition) is 0. The summed E-state index contributed by atoms with van der Waals surface area (Å²) in [4.78, 5) is 0. The molecule has 0 N–H and O–H groups in total. The molecule has 0 atom stereocenters. The summed E-state index contributed by atoms with van der Waals surface area (Å²) in [6.07, 6.45) is 11.5. The number of imidazole rings is 1. The summed E-state index contributed by atoms with van der Waals surface area (Å²) in [6, 6.07) is 13.0. The first-order chi connectivity index (χ1) is 18.1. The number of benzene rings is 2. The fraction of sp³-hybridized carbons (Fsp3) is 0.515. The van der Waals surface area contributed by atoms with Gasteiger partial charge in [0.25, 0.3) is 0 Å². The molecule has 3 nitrogen and oxygen atoms in total. The molecular weight excluding hydrogens is 557 g/mol. The first-order valence-corrected chi connectivity index (χ1v) is 18.4. The number of nitrogens with zero attached hydrogens (tertiary/aromatic N) is 3. The molecule has 1 fully saturated rings. The second-order valence-electron chi connectivity index (χ2n) is 11.4. The van der Waals surface area contributed by atoms with Gasteiger partial charge in [-0.15, -0.1) is 0 Å². The van der Waals surface area contributed by atoms with Crippen LogP contribution in [-0.2, 0) is 17.0 Å². The third-order valence-corrected chi connectivity index (χ3v) is 7.21. The topological polar surface area (TPSA) is 32.2 Å². The maximum absolute atomic E-state index is 11.5. The minimum absolute atomic E-state index is 0. The van der Waals surface area contributed by atoms with E-state index >= 15 is 0 Å². The predicted octanol–water partition coefficient (Wildman–Crippen LogP) is 11.0. The molecule has 1 aliphatic carbocycles. The van der Waals surface area contributed by atoms with Crippen LogP contribution in [0.5, 0.6) is 0 Å². The second-order valence-corrected chi connectivity index (χ2v) is 13.9. The summed E-state index contributed by atoms with van der Waals surface area (Å²) in [6.45, 7) is 17.7. The van der Waals surface area contributed by atoms with Gasteiger partial charge >= 0.3 is 35.6 Å². The zero-order valence-electron chi connectivity index (χ0n) is 25.6. The van der Waals surface area contributed by atoms with E-state index in [1.54, 1.807) is 0 Å². The number of aromatic nitrogens is 2. The van der Waals surface area contributed by atoms with Crippen LogP contribution in [0.4, 0.5) is 0 Å². The van der Waals surface area contributed by atoms with Crippen molar-refractivity contribution in [1.29, 1.82) is 0 Å². The van der Waals surface area contributed by atoms with Gasteiger partial charge in [-0.05, 0) is 69.7 Å². The van der Waals surface area contributed by atoms with E-state index in [1.807, 2.05) is 21.5 Å². The molecule has 6 heteroatoms. The molecule has 1 aromatic heterocycles. The Hall–Kier alpha value is -1.26. The van der Waals surface area contributed by atoms with Gasteiger partial charge in [0.15, 0.2) is 0 Å².